The molecule has 5 heteroatoms. The van der Waals surface area contributed by atoms with Crippen LogP contribution in [0.1, 0.15) is 13.3 Å². The molecule has 0 saturated carbocycles. The highest BCUT2D eigenvalue weighted by Gasteiger charge is 2.16. The molecule has 0 aliphatic heterocycles. The molecule has 1 unspecified atom stereocenters. The van der Waals surface area contributed by atoms with Gasteiger partial charge in [0.2, 0.25) is 0 Å². The van der Waals surface area contributed by atoms with Crippen LogP contribution in [0.25, 0.3) is 0 Å². The number of carbonyl (C=O) groups excluding carboxylic acids is 1. The maximum Gasteiger partial charge on any atom is 0.317 e. The molecule has 0 spiro atoms. The molecule has 0 rings (SSSR count). The van der Waals surface area contributed by atoms with Gasteiger partial charge in [-0.2, -0.15) is 0 Å². The van der Waals surface area contributed by atoms with Crippen molar-refractivity contribution in [3.8, 4) is 0 Å². The van der Waals surface area contributed by atoms with E-state index in [4.69, 9.17) is 5.11 Å². The first kappa shape index (κ1) is 13.5. The van der Waals surface area contributed by atoms with E-state index in [9.17, 15) is 9.59 Å². The molecule has 0 saturated heterocycles. The number of hydrogen-bond acceptors (Lipinski definition) is 2. The van der Waals surface area contributed by atoms with Crippen molar-refractivity contribution in [2.75, 3.05) is 20.1 Å². The Morgan fingerprint density at radius 3 is 2.60 bits per heavy atom. The van der Waals surface area contributed by atoms with E-state index in [2.05, 4.69) is 11.9 Å². The van der Waals surface area contributed by atoms with E-state index in [1.165, 1.54) is 4.90 Å². The lowest BCUT2D eigenvalue weighted by Crippen LogP contribution is -2.40. The van der Waals surface area contributed by atoms with Crippen LogP contribution in [-0.2, 0) is 4.79 Å². The predicted octanol–water partition coefficient (Wildman–Crippen LogP) is 0.925. The van der Waals surface area contributed by atoms with E-state index in [0.29, 0.717) is 13.0 Å². The van der Waals surface area contributed by atoms with Gasteiger partial charge < -0.3 is 15.3 Å². The Balaban J connectivity index is 3.97. The molecule has 0 bridgehead atoms. The number of nitrogens with zero attached hydrogens (tertiary/aromatic N) is 1. The molecule has 2 N–H and O–H groups in total. The van der Waals surface area contributed by atoms with Crippen LogP contribution >= 0.6 is 0 Å². The number of aliphatic carboxylic acids is 1. The lowest BCUT2D eigenvalue weighted by atomic mass is 10.1. The Morgan fingerprint density at radius 2 is 2.20 bits per heavy atom. The van der Waals surface area contributed by atoms with Crippen LogP contribution in [0.4, 0.5) is 4.79 Å². The Kier molecular flexibility index (Phi) is 6.17. The number of carboxylic acid groups (broad SMARTS) is 1. The molecule has 15 heavy (non-hydrogen) atoms. The minimum Gasteiger partial charge on any atom is -0.481 e. The van der Waals surface area contributed by atoms with E-state index in [1.54, 1.807) is 20.0 Å². The average Bonchev–Trinajstić information content (AvgIpc) is 2.18. The van der Waals surface area contributed by atoms with Gasteiger partial charge in [0.05, 0.1) is 5.92 Å². The first-order valence-corrected chi connectivity index (χ1v) is 4.85. The van der Waals surface area contributed by atoms with Crippen molar-refractivity contribution in [3.05, 3.63) is 12.7 Å². The minimum absolute atomic E-state index is 0.159. The Bertz CT molecular complexity index is 241. The highest BCUT2D eigenvalue weighted by Crippen LogP contribution is 2.00. The van der Waals surface area contributed by atoms with E-state index in [-0.39, 0.29) is 12.6 Å². The van der Waals surface area contributed by atoms with E-state index < -0.39 is 11.9 Å². The first-order chi connectivity index (χ1) is 7.02. The van der Waals surface area contributed by atoms with Crippen LogP contribution < -0.4 is 5.32 Å². The second-order valence-corrected chi connectivity index (χ2v) is 3.30. The molecule has 0 radical (unpaired) electrons. The molecular weight excluding hydrogens is 196 g/mol. The van der Waals surface area contributed by atoms with Crippen LogP contribution in [0.15, 0.2) is 12.7 Å². The zero-order valence-corrected chi connectivity index (χ0v) is 9.19. The largest absolute Gasteiger partial charge is 0.481 e. The molecular formula is C10H18N2O3. The summed E-state index contributed by atoms with van der Waals surface area (Å²) in [5.74, 6) is -1.41. The van der Waals surface area contributed by atoms with Crippen molar-refractivity contribution in [1.82, 2.24) is 10.2 Å². The van der Waals surface area contributed by atoms with Gasteiger partial charge in [0.15, 0.2) is 0 Å². The van der Waals surface area contributed by atoms with Gasteiger partial charge in [0.1, 0.15) is 0 Å². The van der Waals surface area contributed by atoms with E-state index in [0.717, 1.165) is 0 Å². The number of likely N-dealkylation sites (N-methyl/N-ethyl adjacent to an activating group) is 1. The highest BCUT2D eigenvalue weighted by molar-refractivity contribution is 5.75. The molecule has 0 aromatic heterocycles. The quantitative estimate of drug-likeness (QED) is 0.646. The summed E-state index contributed by atoms with van der Waals surface area (Å²) in [5.41, 5.74) is 0. The van der Waals surface area contributed by atoms with Gasteiger partial charge in [-0.05, 0) is 6.42 Å². The monoisotopic (exact) mass is 214 g/mol. The van der Waals surface area contributed by atoms with E-state index >= 15 is 0 Å². The lowest BCUT2D eigenvalue weighted by Gasteiger charge is -2.17. The normalized spacial score (nSPS) is 11.6. The minimum atomic E-state index is -0.885. The van der Waals surface area contributed by atoms with Gasteiger partial charge in [-0.1, -0.05) is 13.0 Å². The van der Waals surface area contributed by atoms with Crippen LogP contribution in [0.5, 0.6) is 0 Å². The summed E-state index contributed by atoms with van der Waals surface area (Å²) in [6.45, 7) is 5.88. The van der Waals surface area contributed by atoms with Crippen molar-refractivity contribution in [2.24, 2.45) is 5.92 Å². The third-order valence-corrected chi connectivity index (χ3v) is 2.09. The second kappa shape index (κ2) is 6.86. The van der Waals surface area contributed by atoms with Crippen LogP contribution in [0, 0.1) is 5.92 Å². The van der Waals surface area contributed by atoms with Gasteiger partial charge in [-0.25, -0.2) is 4.79 Å². The van der Waals surface area contributed by atoms with Crippen LogP contribution in [-0.4, -0.2) is 42.1 Å². The number of carbonyl (C=O) groups is 2. The van der Waals surface area contributed by atoms with Crippen LogP contribution in [0.2, 0.25) is 0 Å². The lowest BCUT2D eigenvalue weighted by molar-refractivity contribution is -0.141. The van der Waals surface area contributed by atoms with Gasteiger partial charge in [-0.15, -0.1) is 6.58 Å². The highest BCUT2D eigenvalue weighted by atomic mass is 16.4. The van der Waals surface area contributed by atoms with Crippen molar-refractivity contribution in [3.63, 3.8) is 0 Å². The van der Waals surface area contributed by atoms with Crippen molar-refractivity contribution in [2.45, 2.75) is 13.3 Å². The molecule has 2 amide bonds. The second-order valence-electron chi connectivity index (χ2n) is 3.30. The fourth-order valence-electron chi connectivity index (χ4n) is 1.03. The number of rotatable bonds is 6. The number of hydrogen-bond donors (Lipinski definition) is 2. The summed E-state index contributed by atoms with van der Waals surface area (Å²) in [7, 11) is 1.62. The summed E-state index contributed by atoms with van der Waals surface area (Å²) in [6.07, 6.45) is 2.11. The Morgan fingerprint density at radius 1 is 1.60 bits per heavy atom. The van der Waals surface area contributed by atoms with Gasteiger partial charge >= 0.3 is 12.0 Å². The fraction of sp³-hybridized carbons (Fsp3) is 0.600. The molecule has 0 aliphatic rings. The molecule has 0 aliphatic carbocycles. The average molecular weight is 214 g/mol. The molecule has 86 valence electrons. The summed E-state index contributed by atoms with van der Waals surface area (Å²) in [5, 5.41) is 11.3. The fourth-order valence-corrected chi connectivity index (χ4v) is 1.03. The van der Waals surface area contributed by atoms with E-state index in [1.807, 2.05) is 0 Å². The van der Waals surface area contributed by atoms with Crippen molar-refractivity contribution >= 4 is 12.0 Å². The summed E-state index contributed by atoms with van der Waals surface area (Å²) in [4.78, 5) is 23.4. The van der Waals surface area contributed by atoms with Gasteiger partial charge in [0, 0.05) is 20.1 Å². The van der Waals surface area contributed by atoms with Crippen molar-refractivity contribution in [1.29, 1.82) is 0 Å². The van der Waals surface area contributed by atoms with Gasteiger partial charge in [0.25, 0.3) is 0 Å². The first-order valence-electron chi connectivity index (χ1n) is 4.85. The maximum atomic E-state index is 11.4. The molecule has 5 nitrogen and oxygen atoms in total. The number of amides is 2. The van der Waals surface area contributed by atoms with Crippen LogP contribution in [0.3, 0.4) is 0 Å². The Labute approximate surface area is 89.8 Å². The summed E-state index contributed by atoms with van der Waals surface area (Å²) < 4.78 is 0. The number of carboxylic acids is 1. The number of urea groups is 1. The number of nitrogens with one attached hydrogen (secondary N) is 1. The smallest absolute Gasteiger partial charge is 0.317 e. The zero-order valence-electron chi connectivity index (χ0n) is 9.19. The standard InChI is InChI=1S/C10H18N2O3/c1-4-6-12(3)10(15)11-7-8(5-2)9(13)14/h4,8H,1,5-7H2,2-3H3,(H,11,15)(H,13,14). The zero-order chi connectivity index (χ0) is 11.8. The molecule has 0 fully saturated rings. The summed E-state index contributed by atoms with van der Waals surface area (Å²) >= 11 is 0. The molecule has 0 aromatic rings. The summed E-state index contributed by atoms with van der Waals surface area (Å²) in [6, 6.07) is -0.283. The Hall–Kier alpha value is -1.52. The maximum absolute atomic E-state index is 11.4. The SMILES string of the molecule is C=CCN(C)C(=O)NCC(CC)C(=O)O. The third-order valence-electron chi connectivity index (χ3n) is 2.09. The molecule has 1 atom stereocenters. The third kappa shape index (κ3) is 5.05. The van der Waals surface area contributed by atoms with Gasteiger partial charge in [-0.3, -0.25) is 4.79 Å². The molecule has 0 heterocycles. The predicted molar refractivity (Wildman–Crippen MR) is 57.6 cm³/mol. The van der Waals surface area contributed by atoms with Crippen molar-refractivity contribution < 1.29 is 14.7 Å². The molecule has 0 aromatic carbocycles. The topological polar surface area (TPSA) is 69.6 Å².